The molecule has 0 aromatic carbocycles. The van der Waals surface area contributed by atoms with Crippen molar-refractivity contribution < 1.29 is 4.74 Å². The van der Waals surface area contributed by atoms with Gasteiger partial charge in [0.2, 0.25) is 0 Å². The molecule has 2 heteroatoms. The summed E-state index contributed by atoms with van der Waals surface area (Å²) in [5, 5.41) is 9.16. The number of epoxide rings is 1. The fraction of sp³-hybridized carbons (Fsp3) is 0.700. The number of nitrogens with zero attached hydrogens (tertiary/aromatic N) is 1. The van der Waals surface area contributed by atoms with Crippen molar-refractivity contribution in [2.24, 2.45) is 11.3 Å². The maximum atomic E-state index is 9.16. The zero-order valence-electron chi connectivity index (χ0n) is 7.29. The molecular formula is C10H13NO. The highest BCUT2D eigenvalue weighted by Gasteiger charge is 2.50. The van der Waals surface area contributed by atoms with E-state index in [-0.39, 0.29) is 11.5 Å². The van der Waals surface area contributed by atoms with Gasteiger partial charge in [-0.2, -0.15) is 5.26 Å². The van der Waals surface area contributed by atoms with E-state index < -0.39 is 0 Å². The lowest BCUT2D eigenvalue weighted by atomic mass is 9.69. The highest BCUT2D eigenvalue weighted by Crippen LogP contribution is 2.45. The van der Waals surface area contributed by atoms with Gasteiger partial charge in [0.15, 0.2) is 0 Å². The molecule has 0 bridgehead atoms. The van der Waals surface area contributed by atoms with Crippen molar-refractivity contribution in [3.63, 3.8) is 0 Å². The Morgan fingerprint density at radius 1 is 1.67 bits per heavy atom. The van der Waals surface area contributed by atoms with Crippen LogP contribution in [0.5, 0.6) is 0 Å². The predicted molar refractivity (Wildman–Crippen MR) is 45.3 cm³/mol. The van der Waals surface area contributed by atoms with Crippen LogP contribution in [0.4, 0.5) is 0 Å². The Kier molecular flexibility index (Phi) is 1.69. The van der Waals surface area contributed by atoms with E-state index in [0.717, 1.165) is 19.4 Å². The summed E-state index contributed by atoms with van der Waals surface area (Å²) in [4.78, 5) is 0. The lowest BCUT2D eigenvalue weighted by molar-refractivity contribution is 0.192. The molecule has 3 atom stereocenters. The monoisotopic (exact) mass is 163 g/mol. The van der Waals surface area contributed by atoms with E-state index >= 15 is 0 Å². The average molecular weight is 163 g/mol. The molecule has 1 heterocycles. The van der Waals surface area contributed by atoms with Gasteiger partial charge in [-0.25, -0.2) is 0 Å². The molecule has 0 aromatic rings. The largest absolute Gasteiger partial charge is 0.371 e. The molecule has 2 rings (SSSR count). The third-order valence-electron chi connectivity index (χ3n) is 3.08. The molecule has 0 spiro atoms. The van der Waals surface area contributed by atoms with Crippen molar-refractivity contribution in [3.05, 3.63) is 12.2 Å². The van der Waals surface area contributed by atoms with Crippen LogP contribution in [0.25, 0.3) is 0 Å². The Labute approximate surface area is 72.8 Å². The van der Waals surface area contributed by atoms with Crippen LogP contribution in [-0.2, 0) is 4.74 Å². The van der Waals surface area contributed by atoms with Gasteiger partial charge in [-0.1, -0.05) is 19.1 Å². The molecule has 12 heavy (non-hydrogen) atoms. The van der Waals surface area contributed by atoms with Gasteiger partial charge in [0, 0.05) is 0 Å². The molecule has 2 aliphatic rings. The first kappa shape index (κ1) is 7.82. The van der Waals surface area contributed by atoms with E-state index in [4.69, 9.17) is 10.00 Å². The minimum atomic E-state index is -0.214. The second kappa shape index (κ2) is 2.60. The average Bonchev–Trinajstić information content (AvgIpc) is 2.89. The van der Waals surface area contributed by atoms with Crippen molar-refractivity contribution in [1.82, 2.24) is 0 Å². The quantitative estimate of drug-likeness (QED) is 0.437. The molecule has 1 aliphatic carbocycles. The normalized spacial score (nSPS) is 45.3. The predicted octanol–water partition coefficient (Wildman–Crippen LogP) is 1.88. The van der Waals surface area contributed by atoms with Gasteiger partial charge in [0.05, 0.1) is 18.1 Å². The molecular weight excluding hydrogens is 150 g/mol. The van der Waals surface area contributed by atoms with Crippen molar-refractivity contribution in [3.8, 4) is 6.07 Å². The zero-order valence-corrected chi connectivity index (χ0v) is 7.29. The summed E-state index contributed by atoms with van der Waals surface area (Å²) in [6, 6.07) is 2.45. The Balaban J connectivity index is 2.26. The third kappa shape index (κ3) is 0.971. The maximum Gasteiger partial charge on any atom is 0.100 e. The van der Waals surface area contributed by atoms with E-state index in [1.807, 2.05) is 0 Å². The summed E-state index contributed by atoms with van der Waals surface area (Å²) < 4.78 is 5.26. The Morgan fingerprint density at radius 3 is 2.92 bits per heavy atom. The van der Waals surface area contributed by atoms with Crippen LogP contribution in [0.3, 0.4) is 0 Å². The summed E-state index contributed by atoms with van der Waals surface area (Å²) in [7, 11) is 0. The van der Waals surface area contributed by atoms with Crippen molar-refractivity contribution in [2.75, 3.05) is 6.61 Å². The lowest BCUT2D eigenvalue weighted by Gasteiger charge is -2.31. The summed E-state index contributed by atoms with van der Waals surface area (Å²) in [6.07, 6.45) is 6.52. The molecule has 64 valence electrons. The number of allylic oxidation sites excluding steroid dienone is 2. The first-order chi connectivity index (χ1) is 5.79. The van der Waals surface area contributed by atoms with Crippen molar-refractivity contribution in [2.45, 2.75) is 25.9 Å². The fourth-order valence-corrected chi connectivity index (χ4v) is 2.05. The summed E-state index contributed by atoms with van der Waals surface area (Å²) in [5.41, 5.74) is -0.214. The smallest absolute Gasteiger partial charge is 0.100 e. The molecule has 2 unspecified atom stereocenters. The van der Waals surface area contributed by atoms with E-state index in [9.17, 15) is 0 Å². The van der Waals surface area contributed by atoms with E-state index in [2.05, 4.69) is 25.1 Å². The van der Waals surface area contributed by atoms with Crippen LogP contribution < -0.4 is 0 Å². The van der Waals surface area contributed by atoms with Crippen molar-refractivity contribution >= 4 is 0 Å². The second-order valence-electron chi connectivity index (χ2n) is 3.73. The second-order valence-corrected chi connectivity index (χ2v) is 3.73. The van der Waals surface area contributed by atoms with Crippen LogP contribution in [0, 0.1) is 22.7 Å². The fourth-order valence-electron chi connectivity index (χ4n) is 2.05. The molecule has 0 amide bonds. The summed E-state index contributed by atoms with van der Waals surface area (Å²) >= 11 is 0. The van der Waals surface area contributed by atoms with E-state index in [1.165, 1.54) is 0 Å². The molecule has 0 N–H and O–H groups in total. The minimum Gasteiger partial charge on any atom is -0.371 e. The molecule has 0 radical (unpaired) electrons. The highest BCUT2D eigenvalue weighted by atomic mass is 16.6. The van der Waals surface area contributed by atoms with Gasteiger partial charge in [0.1, 0.15) is 6.10 Å². The first-order valence-electron chi connectivity index (χ1n) is 4.49. The minimum absolute atomic E-state index is 0.211. The Hall–Kier alpha value is -0.810. The molecule has 2 nitrogen and oxygen atoms in total. The number of ether oxygens (including phenoxy) is 1. The number of hydrogen-bond acceptors (Lipinski definition) is 2. The van der Waals surface area contributed by atoms with Gasteiger partial charge < -0.3 is 4.74 Å². The molecule has 0 saturated carbocycles. The van der Waals surface area contributed by atoms with Gasteiger partial charge in [-0.15, -0.1) is 0 Å². The SMILES string of the molecule is CC1C=CCCC1(C#N)[C@H]1CO1. The zero-order chi connectivity index (χ0) is 8.60. The number of hydrogen-bond donors (Lipinski definition) is 0. The van der Waals surface area contributed by atoms with Crippen LogP contribution in [0.1, 0.15) is 19.8 Å². The van der Waals surface area contributed by atoms with Crippen molar-refractivity contribution in [1.29, 1.82) is 5.26 Å². The summed E-state index contributed by atoms with van der Waals surface area (Å²) in [6.45, 7) is 2.90. The van der Waals surface area contributed by atoms with Gasteiger partial charge in [0.25, 0.3) is 0 Å². The highest BCUT2D eigenvalue weighted by molar-refractivity contribution is 5.17. The summed E-state index contributed by atoms with van der Waals surface area (Å²) in [5.74, 6) is 0.351. The lowest BCUT2D eigenvalue weighted by Crippen LogP contribution is -2.33. The van der Waals surface area contributed by atoms with E-state index in [0.29, 0.717) is 5.92 Å². The van der Waals surface area contributed by atoms with Gasteiger partial charge >= 0.3 is 0 Å². The van der Waals surface area contributed by atoms with Gasteiger partial charge in [-0.3, -0.25) is 0 Å². The number of nitriles is 1. The first-order valence-corrected chi connectivity index (χ1v) is 4.49. The molecule has 1 aliphatic heterocycles. The van der Waals surface area contributed by atoms with Crippen LogP contribution in [0.2, 0.25) is 0 Å². The van der Waals surface area contributed by atoms with Gasteiger partial charge in [-0.05, 0) is 18.8 Å². The molecule has 0 aromatic heterocycles. The van der Waals surface area contributed by atoms with Crippen LogP contribution >= 0.6 is 0 Å². The molecule has 1 saturated heterocycles. The Morgan fingerprint density at radius 2 is 2.42 bits per heavy atom. The van der Waals surface area contributed by atoms with E-state index in [1.54, 1.807) is 0 Å². The third-order valence-corrected chi connectivity index (χ3v) is 3.08. The van der Waals surface area contributed by atoms with Crippen LogP contribution in [0.15, 0.2) is 12.2 Å². The Bertz CT molecular complexity index is 249. The maximum absolute atomic E-state index is 9.16. The molecule has 1 fully saturated rings. The van der Waals surface area contributed by atoms with Crippen LogP contribution in [-0.4, -0.2) is 12.7 Å². The topological polar surface area (TPSA) is 36.3 Å². The standard InChI is InChI=1S/C10H13NO/c1-8-4-2-3-5-10(8,7-11)9-6-12-9/h2,4,8-9H,3,5-6H2,1H3/t8?,9-,10?/m1/s1. The number of rotatable bonds is 1.